The molecular weight excluding hydrogens is 325 g/mol. The van der Waals surface area contributed by atoms with E-state index in [-0.39, 0.29) is 11.9 Å². The second kappa shape index (κ2) is 5.70. The second-order valence-corrected chi connectivity index (χ2v) is 6.86. The zero-order chi connectivity index (χ0) is 17.7. The summed E-state index contributed by atoms with van der Waals surface area (Å²) in [6.07, 6.45) is 4.56. The lowest BCUT2D eigenvalue weighted by atomic mass is 9.97. The molecule has 3 nitrogen and oxygen atoms in total. The SMILES string of the molecule is Cc1ccc(CC2Nc3ccccc3-c3ccnc4[nH]cc2c34)cc1F. The van der Waals surface area contributed by atoms with Crippen LogP contribution < -0.4 is 5.32 Å². The molecule has 2 N–H and O–H groups in total. The monoisotopic (exact) mass is 343 g/mol. The first-order valence-corrected chi connectivity index (χ1v) is 8.77. The third-order valence-electron chi connectivity index (χ3n) is 5.20. The lowest BCUT2D eigenvalue weighted by Gasteiger charge is -2.19. The molecule has 0 saturated heterocycles. The third-order valence-corrected chi connectivity index (χ3v) is 5.20. The van der Waals surface area contributed by atoms with Gasteiger partial charge in [-0.3, -0.25) is 0 Å². The summed E-state index contributed by atoms with van der Waals surface area (Å²) in [6, 6.07) is 15.9. The van der Waals surface area contributed by atoms with Gasteiger partial charge in [-0.05, 0) is 48.2 Å². The number of anilines is 1. The van der Waals surface area contributed by atoms with Gasteiger partial charge in [-0.25, -0.2) is 9.37 Å². The molecule has 4 aromatic rings. The molecule has 0 aliphatic carbocycles. The summed E-state index contributed by atoms with van der Waals surface area (Å²) in [5.41, 5.74) is 7.13. The Balaban J connectivity index is 1.68. The van der Waals surface area contributed by atoms with Gasteiger partial charge in [-0.15, -0.1) is 0 Å². The number of hydrogen-bond donors (Lipinski definition) is 2. The molecule has 0 amide bonds. The highest BCUT2D eigenvalue weighted by atomic mass is 19.1. The predicted octanol–water partition coefficient (Wildman–Crippen LogP) is 5.39. The van der Waals surface area contributed by atoms with Crippen LogP contribution in [0.25, 0.3) is 22.2 Å². The Morgan fingerprint density at radius 2 is 1.96 bits per heavy atom. The van der Waals surface area contributed by atoms with Crippen LogP contribution in [0, 0.1) is 12.7 Å². The molecule has 128 valence electrons. The second-order valence-electron chi connectivity index (χ2n) is 6.86. The van der Waals surface area contributed by atoms with Crippen molar-refractivity contribution in [2.75, 3.05) is 5.32 Å². The number of halogens is 1. The number of benzene rings is 2. The van der Waals surface area contributed by atoms with Crippen molar-refractivity contribution in [3.8, 4) is 11.1 Å². The van der Waals surface area contributed by atoms with Gasteiger partial charge in [-0.2, -0.15) is 0 Å². The molecule has 1 aliphatic rings. The fraction of sp³-hybridized carbons (Fsp3) is 0.136. The van der Waals surface area contributed by atoms with Crippen molar-refractivity contribution in [2.24, 2.45) is 0 Å². The van der Waals surface area contributed by atoms with E-state index in [1.54, 1.807) is 13.0 Å². The highest BCUT2D eigenvalue weighted by Gasteiger charge is 2.24. The number of pyridine rings is 1. The van der Waals surface area contributed by atoms with Gasteiger partial charge in [-0.1, -0.05) is 30.3 Å². The number of hydrogen-bond acceptors (Lipinski definition) is 2. The van der Waals surface area contributed by atoms with Gasteiger partial charge in [0, 0.05) is 34.6 Å². The average Bonchev–Trinajstić information content (AvgIpc) is 3.03. The first-order chi connectivity index (χ1) is 12.7. The number of nitrogens with one attached hydrogen (secondary N) is 2. The predicted molar refractivity (Wildman–Crippen MR) is 103 cm³/mol. The number of rotatable bonds is 2. The van der Waals surface area contributed by atoms with Crippen molar-refractivity contribution in [3.63, 3.8) is 0 Å². The molecule has 1 aliphatic heterocycles. The number of aromatic nitrogens is 2. The van der Waals surface area contributed by atoms with E-state index < -0.39 is 0 Å². The fourth-order valence-corrected chi connectivity index (χ4v) is 3.85. The Bertz CT molecular complexity index is 1130. The molecular formula is C22H18FN3. The van der Waals surface area contributed by atoms with Crippen LogP contribution in [-0.4, -0.2) is 9.97 Å². The third kappa shape index (κ3) is 2.30. The molecule has 5 rings (SSSR count). The number of para-hydroxylation sites is 1. The van der Waals surface area contributed by atoms with Crippen LogP contribution >= 0.6 is 0 Å². The maximum absolute atomic E-state index is 14.0. The Morgan fingerprint density at radius 3 is 2.85 bits per heavy atom. The van der Waals surface area contributed by atoms with E-state index in [4.69, 9.17) is 0 Å². The van der Waals surface area contributed by atoms with Gasteiger partial charge in [0.2, 0.25) is 0 Å². The van der Waals surface area contributed by atoms with Gasteiger partial charge < -0.3 is 10.3 Å². The molecule has 2 aromatic carbocycles. The van der Waals surface area contributed by atoms with Gasteiger partial charge in [0.25, 0.3) is 0 Å². The molecule has 0 bridgehead atoms. The summed E-state index contributed by atoms with van der Waals surface area (Å²) in [5.74, 6) is -0.155. The van der Waals surface area contributed by atoms with E-state index in [0.717, 1.165) is 22.3 Å². The van der Waals surface area contributed by atoms with Crippen molar-refractivity contribution in [1.82, 2.24) is 9.97 Å². The van der Waals surface area contributed by atoms with Crippen LogP contribution in [0.15, 0.2) is 60.9 Å². The average molecular weight is 343 g/mol. The standard InChI is InChI=1S/C22H18FN3/c1-13-6-7-14(10-18(13)23)11-20-17-12-25-22-21(17)16(8-9-24-22)15-4-2-3-5-19(15)26-20/h2-10,12,20,26H,11H2,1H3,(H,24,25). The summed E-state index contributed by atoms with van der Waals surface area (Å²) < 4.78 is 14.0. The number of aryl methyl sites for hydroxylation is 1. The lowest BCUT2D eigenvalue weighted by molar-refractivity contribution is 0.614. The molecule has 0 saturated carbocycles. The number of fused-ring (bicyclic) bond motifs is 2. The van der Waals surface area contributed by atoms with E-state index >= 15 is 0 Å². The maximum Gasteiger partial charge on any atom is 0.138 e. The van der Waals surface area contributed by atoms with Crippen LogP contribution in [0.4, 0.5) is 10.1 Å². The zero-order valence-electron chi connectivity index (χ0n) is 14.4. The van der Waals surface area contributed by atoms with E-state index in [1.165, 1.54) is 16.7 Å². The molecule has 0 spiro atoms. The van der Waals surface area contributed by atoms with Crippen LogP contribution in [0.1, 0.15) is 22.7 Å². The first kappa shape index (κ1) is 15.1. The van der Waals surface area contributed by atoms with Gasteiger partial charge in [0.05, 0.1) is 6.04 Å². The van der Waals surface area contributed by atoms with Crippen molar-refractivity contribution < 1.29 is 4.39 Å². The van der Waals surface area contributed by atoms with Crippen molar-refractivity contribution >= 4 is 16.7 Å². The van der Waals surface area contributed by atoms with E-state index in [0.29, 0.717) is 12.0 Å². The van der Waals surface area contributed by atoms with Crippen LogP contribution in [0.2, 0.25) is 0 Å². The lowest BCUT2D eigenvalue weighted by Crippen LogP contribution is -2.13. The quantitative estimate of drug-likeness (QED) is 0.512. The Kier molecular flexibility index (Phi) is 3.32. The number of nitrogens with zero attached hydrogens (tertiary/aromatic N) is 1. The highest BCUT2D eigenvalue weighted by molar-refractivity contribution is 6.00. The molecule has 26 heavy (non-hydrogen) atoms. The maximum atomic E-state index is 14.0. The van der Waals surface area contributed by atoms with Crippen LogP contribution in [0.5, 0.6) is 0 Å². The molecule has 2 aromatic heterocycles. The summed E-state index contributed by atoms with van der Waals surface area (Å²) >= 11 is 0. The number of H-pyrrole nitrogens is 1. The number of aromatic amines is 1. The molecule has 4 heteroatoms. The topological polar surface area (TPSA) is 40.7 Å². The van der Waals surface area contributed by atoms with Crippen molar-refractivity contribution in [2.45, 2.75) is 19.4 Å². The summed E-state index contributed by atoms with van der Waals surface area (Å²) in [5, 5.41) is 4.81. The Labute approximate surface area is 150 Å². The van der Waals surface area contributed by atoms with Gasteiger partial charge in [0.1, 0.15) is 11.5 Å². The summed E-state index contributed by atoms with van der Waals surface area (Å²) in [4.78, 5) is 7.77. The van der Waals surface area contributed by atoms with Crippen molar-refractivity contribution in [3.05, 3.63) is 83.4 Å². The Hall–Kier alpha value is -3.14. The Morgan fingerprint density at radius 1 is 1.08 bits per heavy atom. The molecule has 1 unspecified atom stereocenters. The fourth-order valence-electron chi connectivity index (χ4n) is 3.85. The van der Waals surface area contributed by atoms with E-state index in [2.05, 4.69) is 39.6 Å². The summed E-state index contributed by atoms with van der Waals surface area (Å²) in [6.45, 7) is 1.79. The van der Waals surface area contributed by atoms with Crippen molar-refractivity contribution in [1.29, 1.82) is 0 Å². The molecule has 3 heterocycles. The minimum atomic E-state index is -0.155. The normalized spacial score (nSPS) is 15.4. The van der Waals surface area contributed by atoms with E-state index in [9.17, 15) is 4.39 Å². The largest absolute Gasteiger partial charge is 0.377 e. The zero-order valence-corrected chi connectivity index (χ0v) is 14.4. The van der Waals surface area contributed by atoms with E-state index in [1.807, 2.05) is 30.6 Å². The van der Waals surface area contributed by atoms with Gasteiger partial charge >= 0.3 is 0 Å². The minimum absolute atomic E-state index is 0.0393. The first-order valence-electron chi connectivity index (χ1n) is 8.77. The van der Waals surface area contributed by atoms with Crippen LogP contribution in [-0.2, 0) is 6.42 Å². The molecule has 0 fully saturated rings. The highest BCUT2D eigenvalue weighted by Crippen LogP contribution is 2.42. The minimum Gasteiger partial charge on any atom is -0.377 e. The molecule has 0 radical (unpaired) electrons. The smallest absolute Gasteiger partial charge is 0.138 e. The summed E-state index contributed by atoms with van der Waals surface area (Å²) in [7, 11) is 0. The van der Waals surface area contributed by atoms with Crippen LogP contribution in [0.3, 0.4) is 0 Å². The van der Waals surface area contributed by atoms with Gasteiger partial charge in [0.15, 0.2) is 0 Å². The molecule has 1 atom stereocenters.